The number of hydrogen-bond donors (Lipinski definition) is 2. The number of carbonyl (C=O) groups is 1. The van der Waals surface area contributed by atoms with Gasteiger partial charge in [0.05, 0.1) is 5.69 Å². The molecular weight excluding hydrogens is 442 g/mol. The Morgan fingerprint density at radius 1 is 1.03 bits per heavy atom. The molecule has 6 nitrogen and oxygen atoms in total. The van der Waals surface area contributed by atoms with Gasteiger partial charge in [-0.25, -0.2) is 15.8 Å². The maximum atomic E-state index is 13.0. The molecule has 0 saturated carbocycles. The number of hydrazine groups is 1. The fourth-order valence-corrected chi connectivity index (χ4v) is 5.25. The Hall–Kier alpha value is -2.29. The van der Waals surface area contributed by atoms with Crippen molar-refractivity contribution in [3.8, 4) is 10.6 Å². The molecule has 0 spiro atoms. The van der Waals surface area contributed by atoms with E-state index in [-0.39, 0.29) is 18.0 Å². The zero-order valence-corrected chi connectivity index (χ0v) is 19.3. The van der Waals surface area contributed by atoms with Crippen LogP contribution in [0.15, 0.2) is 60.0 Å². The highest BCUT2D eigenvalue weighted by atomic mass is 35.5. The number of aromatic nitrogens is 1. The summed E-state index contributed by atoms with van der Waals surface area (Å²) >= 11 is 7.64. The first-order valence-corrected chi connectivity index (χ1v) is 12.2. The van der Waals surface area contributed by atoms with E-state index in [0.29, 0.717) is 0 Å². The fraction of sp³-hybridized carbons (Fsp3) is 0.333. The Balaban J connectivity index is 1.11. The summed E-state index contributed by atoms with van der Waals surface area (Å²) in [5.74, 6) is 0.189. The van der Waals surface area contributed by atoms with Crippen molar-refractivity contribution >= 4 is 28.8 Å². The molecule has 0 aliphatic carbocycles. The van der Waals surface area contributed by atoms with Gasteiger partial charge < -0.3 is 4.90 Å². The third-order valence-electron chi connectivity index (χ3n) is 6.12. The second-order valence-electron chi connectivity index (χ2n) is 8.29. The number of benzene rings is 2. The van der Waals surface area contributed by atoms with Crippen LogP contribution in [0.4, 0.5) is 0 Å². The van der Waals surface area contributed by atoms with Crippen molar-refractivity contribution in [1.82, 2.24) is 25.6 Å². The standard InChI is InChI=1S/C24H26ClN5OS/c25-19-8-6-18(7-9-19)23-26-20(16-32-23)15-29-10-12-30(13-11-29)24(31)22-14-21(27-28-22)17-4-2-1-3-5-17/h1-9,16,21-22,27-28H,10-15H2. The molecule has 2 aliphatic heterocycles. The summed E-state index contributed by atoms with van der Waals surface area (Å²) < 4.78 is 0. The van der Waals surface area contributed by atoms with Gasteiger partial charge in [-0.15, -0.1) is 11.3 Å². The highest BCUT2D eigenvalue weighted by molar-refractivity contribution is 7.13. The largest absolute Gasteiger partial charge is 0.339 e. The Kier molecular flexibility index (Phi) is 6.52. The third-order valence-corrected chi connectivity index (χ3v) is 7.31. The van der Waals surface area contributed by atoms with Crippen LogP contribution in [-0.4, -0.2) is 52.9 Å². The molecule has 3 aromatic rings. The summed E-state index contributed by atoms with van der Waals surface area (Å²) in [6.45, 7) is 4.04. The quantitative estimate of drug-likeness (QED) is 0.599. The van der Waals surface area contributed by atoms with Crippen LogP contribution in [0.5, 0.6) is 0 Å². The number of hydrogen-bond acceptors (Lipinski definition) is 6. The van der Waals surface area contributed by atoms with Gasteiger partial charge in [-0.05, 0) is 24.1 Å². The molecule has 32 heavy (non-hydrogen) atoms. The maximum absolute atomic E-state index is 13.0. The van der Waals surface area contributed by atoms with E-state index in [9.17, 15) is 4.79 Å². The minimum absolute atomic E-state index is 0.172. The minimum Gasteiger partial charge on any atom is -0.339 e. The van der Waals surface area contributed by atoms with Gasteiger partial charge >= 0.3 is 0 Å². The predicted molar refractivity (Wildman–Crippen MR) is 128 cm³/mol. The third kappa shape index (κ3) is 4.87. The molecule has 3 heterocycles. The van der Waals surface area contributed by atoms with Crippen LogP contribution in [0, 0.1) is 0 Å². The number of thiazole rings is 1. The molecule has 2 saturated heterocycles. The number of amides is 1. The topological polar surface area (TPSA) is 60.5 Å². The van der Waals surface area contributed by atoms with Gasteiger partial charge in [-0.3, -0.25) is 9.69 Å². The van der Waals surface area contributed by atoms with Gasteiger partial charge in [0, 0.05) is 54.7 Å². The summed E-state index contributed by atoms with van der Waals surface area (Å²) in [5.41, 5.74) is 9.86. The first kappa shape index (κ1) is 21.6. The van der Waals surface area contributed by atoms with E-state index < -0.39 is 0 Å². The predicted octanol–water partition coefficient (Wildman–Crippen LogP) is 3.72. The summed E-state index contributed by atoms with van der Waals surface area (Å²) in [7, 11) is 0. The minimum atomic E-state index is -0.174. The number of piperazine rings is 1. The van der Waals surface area contributed by atoms with Crippen LogP contribution in [0.25, 0.3) is 10.6 Å². The van der Waals surface area contributed by atoms with E-state index in [4.69, 9.17) is 16.6 Å². The lowest BCUT2D eigenvalue weighted by atomic mass is 10.0. The second kappa shape index (κ2) is 9.68. The van der Waals surface area contributed by atoms with Gasteiger partial charge in [0.2, 0.25) is 5.91 Å². The van der Waals surface area contributed by atoms with Crippen molar-refractivity contribution < 1.29 is 4.79 Å². The Morgan fingerprint density at radius 2 is 1.78 bits per heavy atom. The highest BCUT2D eigenvalue weighted by Crippen LogP contribution is 2.26. The van der Waals surface area contributed by atoms with E-state index in [0.717, 1.165) is 60.4 Å². The lowest BCUT2D eigenvalue weighted by Crippen LogP contribution is -2.53. The van der Waals surface area contributed by atoms with E-state index in [2.05, 4.69) is 33.3 Å². The van der Waals surface area contributed by atoms with E-state index >= 15 is 0 Å². The van der Waals surface area contributed by atoms with Gasteiger partial charge in [-0.2, -0.15) is 0 Å². The van der Waals surface area contributed by atoms with Gasteiger partial charge in [0.15, 0.2) is 0 Å². The molecule has 166 valence electrons. The summed E-state index contributed by atoms with van der Waals surface area (Å²) in [6, 6.07) is 18.1. The second-order valence-corrected chi connectivity index (χ2v) is 9.59. The molecule has 0 bridgehead atoms. The van der Waals surface area contributed by atoms with Gasteiger partial charge in [0.25, 0.3) is 0 Å². The van der Waals surface area contributed by atoms with E-state index in [1.807, 2.05) is 47.4 Å². The van der Waals surface area contributed by atoms with Crippen LogP contribution in [0.2, 0.25) is 5.02 Å². The molecule has 1 amide bonds. The Morgan fingerprint density at radius 3 is 2.53 bits per heavy atom. The summed E-state index contributed by atoms with van der Waals surface area (Å²) in [6.07, 6.45) is 0.773. The van der Waals surface area contributed by atoms with Crippen LogP contribution in [0.1, 0.15) is 23.7 Å². The van der Waals surface area contributed by atoms with Gasteiger partial charge in [-0.1, -0.05) is 54.1 Å². The normalized spacial score (nSPS) is 21.7. The van der Waals surface area contributed by atoms with Crippen molar-refractivity contribution in [2.45, 2.75) is 25.0 Å². The number of nitrogens with zero attached hydrogens (tertiary/aromatic N) is 3. The molecule has 1 aromatic heterocycles. The molecular formula is C24H26ClN5OS. The van der Waals surface area contributed by atoms with Crippen LogP contribution >= 0.6 is 22.9 Å². The zero-order valence-electron chi connectivity index (χ0n) is 17.7. The Bertz CT molecular complexity index is 1050. The number of carbonyl (C=O) groups excluding carboxylic acids is 1. The lowest BCUT2D eigenvalue weighted by Gasteiger charge is -2.35. The molecule has 2 atom stereocenters. The lowest BCUT2D eigenvalue weighted by molar-refractivity contribution is -0.135. The SMILES string of the molecule is O=C(C1CC(c2ccccc2)NN1)N1CCN(Cc2csc(-c3ccc(Cl)cc3)n2)CC1. The first-order chi connectivity index (χ1) is 15.7. The molecule has 5 rings (SSSR count). The maximum Gasteiger partial charge on any atom is 0.241 e. The molecule has 2 aliphatic rings. The zero-order chi connectivity index (χ0) is 21.9. The van der Waals surface area contributed by atoms with Crippen molar-refractivity contribution in [3.05, 3.63) is 76.3 Å². The number of halogens is 1. The summed E-state index contributed by atoms with van der Waals surface area (Å²) in [5, 5.41) is 3.87. The van der Waals surface area contributed by atoms with Crippen LogP contribution in [-0.2, 0) is 11.3 Å². The van der Waals surface area contributed by atoms with Crippen LogP contribution in [0.3, 0.4) is 0 Å². The Labute approximate surface area is 197 Å². The van der Waals surface area contributed by atoms with Crippen LogP contribution < -0.4 is 10.9 Å². The molecule has 8 heteroatoms. The van der Waals surface area contributed by atoms with Crippen molar-refractivity contribution in [1.29, 1.82) is 0 Å². The molecule has 2 unspecified atom stereocenters. The first-order valence-electron chi connectivity index (χ1n) is 10.9. The van der Waals surface area contributed by atoms with E-state index in [1.165, 1.54) is 5.56 Å². The number of rotatable bonds is 5. The fourth-order valence-electron chi connectivity index (χ4n) is 4.30. The average Bonchev–Trinajstić information content (AvgIpc) is 3.51. The average molecular weight is 468 g/mol. The molecule has 2 aromatic carbocycles. The van der Waals surface area contributed by atoms with Crippen molar-refractivity contribution in [2.24, 2.45) is 0 Å². The van der Waals surface area contributed by atoms with E-state index in [1.54, 1.807) is 11.3 Å². The van der Waals surface area contributed by atoms with Crippen molar-refractivity contribution in [2.75, 3.05) is 26.2 Å². The summed E-state index contributed by atoms with van der Waals surface area (Å²) in [4.78, 5) is 22.2. The monoisotopic (exact) mass is 467 g/mol. The molecule has 0 radical (unpaired) electrons. The number of nitrogens with one attached hydrogen (secondary N) is 2. The molecule has 2 N–H and O–H groups in total. The highest BCUT2D eigenvalue weighted by Gasteiger charge is 2.34. The smallest absolute Gasteiger partial charge is 0.241 e. The van der Waals surface area contributed by atoms with Gasteiger partial charge in [0.1, 0.15) is 11.0 Å². The molecule has 2 fully saturated rings. The van der Waals surface area contributed by atoms with Crippen molar-refractivity contribution in [3.63, 3.8) is 0 Å².